The molecule has 3 unspecified atom stereocenters. The van der Waals surface area contributed by atoms with Crippen LogP contribution < -0.4 is 0 Å². The van der Waals surface area contributed by atoms with Crippen molar-refractivity contribution in [3.05, 3.63) is 34.7 Å². The molecule has 1 aromatic heterocycles. The number of Topliss-reactive ketones (excluding diaryl/α,β-unsaturated/α-hetero) is 2. The van der Waals surface area contributed by atoms with Crippen LogP contribution in [0.3, 0.4) is 0 Å². The Morgan fingerprint density at radius 1 is 1.23 bits per heavy atom. The number of allylic oxidation sites excluding steroid dienone is 1. The summed E-state index contributed by atoms with van der Waals surface area (Å²) in [5.41, 5.74) is -1.81. The first-order valence-electron chi connectivity index (χ1n) is 9.43. The Bertz CT molecular complexity index is 846. The second-order valence-electron chi connectivity index (χ2n) is 7.42. The van der Waals surface area contributed by atoms with Crippen LogP contribution in [0.5, 0.6) is 0 Å². The van der Waals surface area contributed by atoms with Crippen molar-refractivity contribution in [1.82, 2.24) is 4.98 Å². The fourth-order valence-electron chi connectivity index (χ4n) is 3.85. The number of pyridine rings is 1. The summed E-state index contributed by atoms with van der Waals surface area (Å²) in [6.07, 6.45) is -3.10. The molecule has 0 radical (unpaired) electrons. The van der Waals surface area contributed by atoms with Crippen molar-refractivity contribution < 1.29 is 37.3 Å². The van der Waals surface area contributed by atoms with Crippen molar-refractivity contribution in [2.45, 2.75) is 36.9 Å². The largest absolute Gasteiger partial charge is 0.506 e. The number of fused-ring (bicyclic) bond motifs is 2. The van der Waals surface area contributed by atoms with E-state index in [-0.39, 0.29) is 46.7 Å². The minimum atomic E-state index is -4.69. The highest BCUT2D eigenvalue weighted by atomic mass is 79.9. The van der Waals surface area contributed by atoms with Gasteiger partial charge in [0.15, 0.2) is 11.6 Å². The van der Waals surface area contributed by atoms with Crippen LogP contribution >= 0.6 is 15.9 Å². The van der Waals surface area contributed by atoms with Crippen LogP contribution in [-0.4, -0.2) is 46.8 Å². The summed E-state index contributed by atoms with van der Waals surface area (Å²) in [7, 11) is 1.50. The number of ketones is 2. The van der Waals surface area contributed by atoms with E-state index in [1.54, 1.807) is 0 Å². The number of rotatable bonds is 7. The number of carbonyl (C=O) groups excluding carboxylic acids is 2. The summed E-state index contributed by atoms with van der Waals surface area (Å²) in [5, 5.41) is 10.7. The SMILES string of the molecule is COCC(Br)COCc1nc(C(F)(F)F)ccc1C(O)=C1C(=O)C2CCC(C2)C1=O. The average Bonchev–Trinajstić information content (AvgIpc) is 3.13. The molecule has 1 N–H and O–H groups in total. The number of aliphatic hydroxyl groups is 1. The van der Waals surface area contributed by atoms with Gasteiger partial charge in [0.25, 0.3) is 0 Å². The summed E-state index contributed by atoms with van der Waals surface area (Å²) in [5.74, 6) is -2.23. The lowest BCUT2D eigenvalue weighted by atomic mass is 9.81. The third-order valence-corrected chi connectivity index (χ3v) is 5.84. The lowest BCUT2D eigenvalue weighted by molar-refractivity contribution is -0.141. The molecule has 2 fully saturated rings. The second kappa shape index (κ2) is 9.15. The van der Waals surface area contributed by atoms with Gasteiger partial charge in [0, 0.05) is 24.5 Å². The first-order chi connectivity index (χ1) is 14.1. The smallest absolute Gasteiger partial charge is 0.433 e. The summed E-state index contributed by atoms with van der Waals surface area (Å²) >= 11 is 3.31. The Labute approximate surface area is 179 Å². The van der Waals surface area contributed by atoms with Crippen LogP contribution in [-0.2, 0) is 31.8 Å². The maximum absolute atomic E-state index is 13.1. The molecule has 0 amide bonds. The fourth-order valence-corrected chi connectivity index (χ4v) is 4.30. The molecule has 1 heterocycles. The normalized spacial score (nSPS) is 22.5. The quantitative estimate of drug-likeness (QED) is 0.269. The minimum absolute atomic E-state index is 0.112. The third-order valence-electron chi connectivity index (χ3n) is 5.31. The molecule has 2 aliphatic carbocycles. The molecular formula is C20H21BrF3NO5. The topological polar surface area (TPSA) is 85.7 Å². The van der Waals surface area contributed by atoms with Crippen LogP contribution in [0.15, 0.2) is 17.7 Å². The van der Waals surface area contributed by atoms with E-state index in [9.17, 15) is 27.9 Å². The Morgan fingerprint density at radius 2 is 1.87 bits per heavy atom. The van der Waals surface area contributed by atoms with E-state index >= 15 is 0 Å². The molecule has 0 aliphatic heterocycles. The van der Waals surface area contributed by atoms with E-state index in [0.717, 1.165) is 6.07 Å². The summed E-state index contributed by atoms with van der Waals surface area (Å²) in [4.78, 5) is 28.7. The van der Waals surface area contributed by atoms with Crippen molar-refractivity contribution in [3.8, 4) is 0 Å². The van der Waals surface area contributed by atoms with Crippen LogP contribution in [0.25, 0.3) is 5.76 Å². The molecule has 3 rings (SSSR count). The molecule has 2 saturated carbocycles. The Morgan fingerprint density at radius 3 is 2.43 bits per heavy atom. The van der Waals surface area contributed by atoms with E-state index in [1.807, 2.05) is 0 Å². The predicted molar refractivity (Wildman–Crippen MR) is 104 cm³/mol. The first-order valence-corrected chi connectivity index (χ1v) is 10.3. The fraction of sp³-hybridized carbons (Fsp3) is 0.550. The van der Waals surface area contributed by atoms with Crippen molar-refractivity contribution >= 4 is 33.3 Å². The Balaban J connectivity index is 1.96. The number of ether oxygens (including phenoxy) is 2. The molecule has 6 nitrogen and oxygen atoms in total. The molecule has 2 bridgehead atoms. The lowest BCUT2D eigenvalue weighted by Gasteiger charge is -2.21. The zero-order valence-electron chi connectivity index (χ0n) is 16.2. The van der Waals surface area contributed by atoms with Gasteiger partial charge in [-0.1, -0.05) is 15.9 Å². The van der Waals surface area contributed by atoms with Crippen LogP contribution in [0.4, 0.5) is 13.2 Å². The standard InChI is InChI=1S/C20H21BrF3NO5/c1-29-7-12(21)8-30-9-14-13(4-5-15(25-14)20(22,23)24)19(28)16-17(26)10-2-3-11(6-10)18(16)27/h4-5,10-12,28H,2-3,6-9H2,1H3. The number of aliphatic hydroxyl groups excluding tert-OH is 1. The van der Waals surface area contributed by atoms with E-state index in [4.69, 9.17) is 9.47 Å². The number of hydrogen-bond donors (Lipinski definition) is 1. The van der Waals surface area contributed by atoms with Gasteiger partial charge in [-0.05, 0) is 31.4 Å². The second-order valence-corrected chi connectivity index (χ2v) is 8.71. The number of aromatic nitrogens is 1. The highest BCUT2D eigenvalue weighted by Gasteiger charge is 2.45. The van der Waals surface area contributed by atoms with Gasteiger partial charge >= 0.3 is 6.18 Å². The minimum Gasteiger partial charge on any atom is -0.506 e. The summed E-state index contributed by atoms with van der Waals surface area (Å²) < 4.78 is 49.8. The number of halogens is 4. The predicted octanol–water partition coefficient (Wildman–Crippen LogP) is 3.86. The van der Waals surface area contributed by atoms with Crippen molar-refractivity contribution in [2.24, 2.45) is 11.8 Å². The van der Waals surface area contributed by atoms with E-state index < -0.39 is 29.2 Å². The first kappa shape index (κ1) is 22.9. The van der Waals surface area contributed by atoms with Crippen molar-refractivity contribution in [1.29, 1.82) is 0 Å². The molecule has 0 saturated heterocycles. The zero-order chi connectivity index (χ0) is 22.1. The van der Waals surface area contributed by atoms with Crippen LogP contribution in [0.1, 0.15) is 36.2 Å². The van der Waals surface area contributed by atoms with Gasteiger partial charge in [-0.2, -0.15) is 13.2 Å². The van der Waals surface area contributed by atoms with E-state index in [2.05, 4.69) is 20.9 Å². The zero-order valence-corrected chi connectivity index (χ0v) is 17.8. The highest BCUT2D eigenvalue weighted by Crippen LogP contribution is 2.42. The molecular weight excluding hydrogens is 471 g/mol. The molecule has 10 heteroatoms. The summed E-state index contributed by atoms with van der Waals surface area (Å²) in [6.45, 7) is 0.0894. The maximum Gasteiger partial charge on any atom is 0.433 e. The Hall–Kier alpha value is -1.78. The summed E-state index contributed by atoms with van der Waals surface area (Å²) in [6, 6.07) is 1.73. The van der Waals surface area contributed by atoms with E-state index in [0.29, 0.717) is 31.9 Å². The molecule has 0 aromatic carbocycles. The third kappa shape index (κ3) is 4.76. The van der Waals surface area contributed by atoms with Gasteiger partial charge in [-0.15, -0.1) is 0 Å². The number of methoxy groups -OCH3 is 1. The van der Waals surface area contributed by atoms with Gasteiger partial charge in [0.1, 0.15) is 17.0 Å². The molecule has 164 valence electrons. The van der Waals surface area contributed by atoms with Gasteiger partial charge in [0.2, 0.25) is 0 Å². The monoisotopic (exact) mass is 491 g/mol. The molecule has 30 heavy (non-hydrogen) atoms. The van der Waals surface area contributed by atoms with Crippen molar-refractivity contribution in [3.63, 3.8) is 0 Å². The average molecular weight is 492 g/mol. The van der Waals surface area contributed by atoms with E-state index in [1.165, 1.54) is 7.11 Å². The Kier molecular flexibility index (Phi) is 6.98. The van der Waals surface area contributed by atoms with Gasteiger partial charge in [-0.3, -0.25) is 9.59 Å². The number of carbonyl (C=O) groups is 2. The molecule has 2 aliphatic rings. The maximum atomic E-state index is 13.1. The lowest BCUT2D eigenvalue weighted by Crippen LogP contribution is -2.30. The van der Waals surface area contributed by atoms with Gasteiger partial charge in [-0.25, -0.2) is 4.98 Å². The van der Waals surface area contributed by atoms with Crippen molar-refractivity contribution in [2.75, 3.05) is 20.3 Å². The van der Waals surface area contributed by atoms with Crippen LogP contribution in [0.2, 0.25) is 0 Å². The van der Waals surface area contributed by atoms with Gasteiger partial charge in [0.05, 0.1) is 30.3 Å². The molecule has 1 aromatic rings. The molecule has 3 atom stereocenters. The molecule has 0 spiro atoms. The number of alkyl halides is 4. The van der Waals surface area contributed by atoms with Crippen LogP contribution in [0, 0.1) is 11.8 Å². The number of hydrogen-bond acceptors (Lipinski definition) is 6. The van der Waals surface area contributed by atoms with Gasteiger partial charge < -0.3 is 14.6 Å². The number of nitrogens with zero attached hydrogens (tertiary/aromatic N) is 1. The highest BCUT2D eigenvalue weighted by molar-refractivity contribution is 9.09.